The van der Waals surface area contributed by atoms with Crippen molar-refractivity contribution in [3.05, 3.63) is 52.5 Å². The van der Waals surface area contributed by atoms with E-state index in [1.807, 2.05) is 31.2 Å². The quantitative estimate of drug-likeness (QED) is 0.652. The molecule has 0 saturated carbocycles. The fourth-order valence-electron chi connectivity index (χ4n) is 1.84. The monoisotopic (exact) mass is 274 g/mol. The fourth-order valence-corrected chi connectivity index (χ4v) is 2.12. The van der Waals surface area contributed by atoms with Crippen molar-refractivity contribution in [1.29, 1.82) is 0 Å². The largest absolute Gasteiger partial charge is 0.398 e. The van der Waals surface area contributed by atoms with Crippen LogP contribution in [-0.2, 0) is 0 Å². The second kappa shape index (κ2) is 5.33. The Bertz CT molecular complexity index is 638. The van der Waals surface area contributed by atoms with E-state index in [-0.39, 0.29) is 5.78 Å². The summed E-state index contributed by atoms with van der Waals surface area (Å²) in [5.74, 6) is -0.0441. The highest BCUT2D eigenvalue weighted by atomic mass is 35.5. The minimum Gasteiger partial charge on any atom is -0.398 e. The molecule has 19 heavy (non-hydrogen) atoms. The molecular formula is C15H15ClN2O. The van der Waals surface area contributed by atoms with Crippen LogP contribution in [0.25, 0.3) is 0 Å². The number of aryl methyl sites for hydroxylation is 1. The Morgan fingerprint density at radius 1 is 1.21 bits per heavy atom. The van der Waals surface area contributed by atoms with Crippen LogP contribution in [0.2, 0.25) is 5.02 Å². The van der Waals surface area contributed by atoms with E-state index in [2.05, 4.69) is 5.32 Å². The van der Waals surface area contributed by atoms with E-state index >= 15 is 0 Å². The third-order valence-corrected chi connectivity index (χ3v) is 3.15. The molecule has 0 bridgehead atoms. The summed E-state index contributed by atoms with van der Waals surface area (Å²) in [7, 11) is 0. The van der Waals surface area contributed by atoms with Crippen molar-refractivity contribution >= 4 is 34.4 Å². The molecule has 0 atom stereocenters. The van der Waals surface area contributed by atoms with Crippen molar-refractivity contribution in [3.8, 4) is 0 Å². The summed E-state index contributed by atoms with van der Waals surface area (Å²) in [4.78, 5) is 11.3. The predicted molar refractivity (Wildman–Crippen MR) is 80.3 cm³/mol. The summed E-state index contributed by atoms with van der Waals surface area (Å²) >= 11 is 6.15. The molecular weight excluding hydrogens is 260 g/mol. The molecule has 2 aromatic rings. The van der Waals surface area contributed by atoms with Crippen molar-refractivity contribution in [2.75, 3.05) is 11.1 Å². The van der Waals surface area contributed by atoms with E-state index in [1.54, 1.807) is 12.1 Å². The molecule has 2 aromatic carbocycles. The standard InChI is InChI=1S/C15H15ClN2O/c1-9-3-6-15(13(16)7-9)18-11-4-5-12(10(2)19)14(17)8-11/h3-8,18H,17H2,1-2H3. The number of hydrogen-bond acceptors (Lipinski definition) is 3. The third kappa shape index (κ3) is 3.06. The average Bonchev–Trinajstić information content (AvgIpc) is 2.32. The van der Waals surface area contributed by atoms with Gasteiger partial charge < -0.3 is 11.1 Å². The predicted octanol–water partition coefficient (Wildman–Crippen LogP) is 4.18. The number of nitrogens with two attached hydrogens (primary N) is 1. The van der Waals surface area contributed by atoms with Crippen LogP contribution in [0.3, 0.4) is 0 Å². The molecule has 0 heterocycles. The Morgan fingerprint density at radius 3 is 2.53 bits per heavy atom. The van der Waals surface area contributed by atoms with E-state index in [4.69, 9.17) is 17.3 Å². The first-order valence-corrected chi connectivity index (χ1v) is 6.29. The highest BCUT2D eigenvalue weighted by molar-refractivity contribution is 6.33. The lowest BCUT2D eigenvalue weighted by Crippen LogP contribution is -2.01. The smallest absolute Gasteiger partial charge is 0.161 e. The number of benzene rings is 2. The zero-order valence-electron chi connectivity index (χ0n) is 10.8. The Morgan fingerprint density at radius 2 is 1.95 bits per heavy atom. The highest BCUT2D eigenvalue weighted by Crippen LogP contribution is 2.28. The van der Waals surface area contributed by atoms with Crippen LogP contribution >= 0.6 is 11.6 Å². The van der Waals surface area contributed by atoms with Crippen LogP contribution in [0.4, 0.5) is 17.1 Å². The van der Waals surface area contributed by atoms with Crippen LogP contribution in [0.5, 0.6) is 0 Å². The molecule has 0 aromatic heterocycles. The Labute approximate surface area is 117 Å². The zero-order valence-corrected chi connectivity index (χ0v) is 11.6. The average molecular weight is 275 g/mol. The lowest BCUT2D eigenvalue weighted by Gasteiger charge is -2.11. The number of nitrogens with one attached hydrogen (secondary N) is 1. The highest BCUT2D eigenvalue weighted by Gasteiger charge is 2.06. The maximum atomic E-state index is 11.3. The van der Waals surface area contributed by atoms with Gasteiger partial charge in [0, 0.05) is 16.9 Å². The first-order chi connectivity index (χ1) is 8.97. The van der Waals surface area contributed by atoms with Crippen molar-refractivity contribution in [3.63, 3.8) is 0 Å². The van der Waals surface area contributed by atoms with Gasteiger partial charge in [-0.2, -0.15) is 0 Å². The van der Waals surface area contributed by atoms with Gasteiger partial charge in [-0.1, -0.05) is 17.7 Å². The maximum absolute atomic E-state index is 11.3. The van der Waals surface area contributed by atoms with Crippen molar-refractivity contribution in [2.24, 2.45) is 0 Å². The molecule has 0 aliphatic heterocycles. The maximum Gasteiger partial charge on any atom is 0.161 e. The summed E-state index contributed by atoms with van der Waals surface area (Å²) in [6, 6.07) is 11.0. The minimum atomic E-state index is -0.0441. The van der Waals surface area contributed by atoms with E-state index in [0.717, 1.165) is 16.9 Å². The lowest BCUT2D eigenvalue weighted by atomic mass is 10.1. The molecule has 3 N–H and O–H groups in total. The van der Waals surface area contributed by atoms with E-state index in [0.29, 0.717) is 16.3 Å². The van der Waals surface area contributed by atoms with Gasteiger partial charge in [0.1, 0.15) is 0 Å². The second-order valence-corrected chi connectivity index (χ2v) is 4.87. The summed E-state index contributed by atoms with van der Waals surface area (Å²) in [6.45, 7) is 3.48. The number of ketones is 1. The van der Waals surface area contributed by atoms with Crippen molar-refractivity contribution < 1.29 is 4.79 Å². The number of hydrogen-bond donors (Lipinski definition) is 2. The number of carbonyl (C=O) groups excluding carboxylic acids is 1. The summed E-state index contributed by atoms with van der Waals surface area (Å²) in [5.41, 5.74) is 9.54. The second-order valence-electron chi connectivity index (χ2n) is 4.47. The molecule has 0 fully saturated rings. The molecule has 0 amide bonds. The normalized spacial score (nSPS) is 10.3. The molecule has 4 heteroatoms. The van der Waals surface area contributed by atoms with Gasteiger partial charge in [0.25, 0.3) is 0 Å². The number of carbonyl (C=O) groups is 1. The van der Waals surface area contributed by atoms with E-state index in [1.165, 1.54) is 6.92 Å². The first-order valence-electron chi connectivity index (χ1n) is 5.91. The van der Waals surface area contributed by atoms with Gasteiger partial charge in [0.05, 0.1) is 10.7 Å². The Kier molecular flexibility index (Phi) is 3.76. The molecule has 0 aliphatic rings. The van der Waals surface area contributed by atoms with Gasteiger partial charge in [-0.05, 0) is 49.7 Å². The number of anilines is 3. The fraction of sp³-hybridized carbons (Fsp3) is 0.133. The lowest BCUT2D eigenvalue weighted by molar-refractivity contribution is 0.101. The van der Waals surface area contributed by atoms with E-state index < -0.39 is 0 Å². The number of halogens is 1. The van der Waals surface area contributed by atoms with Crippen LogP contribution in [0.1, 0.15) is 22.8 Å². The van der Waals surface area contributed by atoms with Gasteiger partial charge in [0.2, 0.25) is 0 Å². The zero-order chi connectivity index (χ0) is 14.0. The topological polar surface area (TPSA) is 55.1 Å². The van der Waals surface area contributed by atoms with Gasteiger partial charge >= 0.3 is 0 Å². The van der Waals surface area contributed by atoms with Crippen molar-refractivity contribution in [2.45, 2.75) is 13.8 Å². The summed E-state index contributed by atoms with van der Waals surface area (Å²) in [6.07, 6.45) is 0. The summed E-state index contributed by atoms with van der Waals surface area (Å²) < 4.78 is 0. The van der Waals surface area contributed by atoms with Gasteiger partial charge in [-0.25, -0.2) is 0 Å². The molecule has 0 aliphatic carbocycles. The molecule has 2 rings (SSSR count). The molecule has 3 nitrogen and oxygen atoms in total. The molecule has 98 valence electrons. The van der Waals surface area contributed by atoms with Gasteiger partial charge in [0.15, 0.2) is 5.78 Å². The molecule has 0 unspecified atom stereocenters. The summed E-state index contributed by atoms with van der Waals surface area (Å²) in [5, 5.41) is 3.83. The number of Topliss-reactive ketones (excluding diaryl/α,β-unsaturated/α-hetero) is 1. The first kappa shape index (κ1) is 13.4. The molecule has 0 saturated heterocycles. The Balaban J connectivity index is 2.29. The minimum absolute atomic E-state index is 0.0441. The number of rotatable bonds is 3. The Hall–Kier alpha value is -2.00. The molecule has 0 spiro atoms. The van der Waals surface area contributed by atoms with Crippen LogP contribution in [-0.4, -0.2) is 5.78 Å². The third-order valence-electron chi connectivity index (χ3n) is 2.83. The van der Waals surface area contributed by atoms with Crippen molar-refractivity contribution in [1.82, 2.24) is 0 Å². The van der Waals surface area contributed by atoms with Crippen LogP contribution in [0.15, 0.2) is 36.4 Å². The van der Waals surface area contributed by atoms with Crippen LogP contribution in [0, 0.1) is 6.92 Å². The number of nitrogen functional groups attached to an aromatic ring is 1. The van der Waals surface area contributed by atoms with Gasteiger partial charge in [-0.15, -0.1) is 0 Å². The van der Waals surface area contributed by atoms with E-state index in [9.17, 15) is 4.79 Å². The van der Waals surface area contributed by atoms with Gasteiger partial charge in [-0.3, -0.25) is 4.79 Å². The van der Waals surface area contributed by atoms with Crippen LogP contribution < -0.4 is 11.1 Å². The molecule has 0 radical (unpaired) electrons. The SMILES string of the molecule is CC(=O)c1ccc(Nc2ccc(C)cc2Cl)cc1N.